The van der Waals surface area contributed by atoms with Crippen LogP contribution in [0.25, 0.3) is 0 Å². The minimum absolute atomic E-state index is 0.258. The van der Waals surface area contributed by atoms with E-state index in [4.69, 9.17) is 14.2 Å². The van der Waals surface area contributed by atoms with Crippen molar-refractivity contribution in [1.82, 2.24) is 4.31 Å². The Hall–Kier alpha value is -2.25. The highest BCUT2D eigenvalue weighted by Gasteiger charge is 2.28. The molecule has 0 saturated carbocycles. The number of hydrogen-bond donors (Lipinski definition) is 0. The number of fused-ring (bicyclic) bond motifs is 2. The maximum Gasteiger partial charge on any atom is 0.242 e. The second-order valence-corrected chi connectivity index (χ2v) is 8.81. The molecular formula is C20H23NO5S. The van der Waals surface area contributed by atoms with E-state index in [1.807, 2.05) is 0 Å². The maximum atomic E-state index is 12.8. The summed E-state index contributed by atoms with van der Waals surface area (Å²) in [6, 6.07) is 8.52. The lowest BCUT2D eigenvalue weighted by Gasteiger charge is -2.19. The fourth-order valence-corrected chi connectivity index (χ4v) is 4.84. The first kappa shape index (κ1) is 18.1. The quantitative estimate of drug-likeness (QED) is 0.759. The van der Waals surface area contributed by atoms with Crippen LogP contribution in [-0.4, -0.2) is 46.6 Å². The Morgan fingerprint density at radius 3 is 2.59 bits per heavy atom. The third kappa shape index (κ3) is 3.26. The van der Waals surface area contributed by atoms with Crippen LogP contribution in [0, 0.1) is 0 Å². The van der Waals surface area contributed by atoms with Gasteiger partial charge in [0, 0.05) is 43.1 Å². The van der Waals surface area contributed by atoms with E-state index < -0.39 is 10.0 Å². The van der Waals surface area contributed by atoms with Crippen molar-refractivity contribution < 1.29 is 22.6 Å². The van der Waals surface area contributed by atoms with Crippen molar-refractivity contribution >= 4 is 10.0 Å². The second kappa shape index (κ2) is 7.05. The molecule has 0 atom stereocenters. The predicted octanol–water partition coefficient (Wildman–Crippen LogP) is 2.43. The van der Waals surface area contributed by atoms with Crippen molar-refractivity contribution in [3.05, 3.63) is 47.0 Å². The monoisotopic (exact) mass is 389 g/mol. The molecule has 0 aliphatic carbocycles. The second-order valence-electron chi connectivity index (χ2n) is 6.77. The lowest BCUT2D eigenvalue weighted by atomic mass is 9.97. The number of ether oxygens (including phenoxy) is 3. The molecule has 2 aromatic rings. The topological polar surface area (TPSA) is 65.1 Å². The average molecular weight is 389 g/mol. The van der Waals surface area contributed by atoms with Gasteiger partial charge in [-0.3, -0.25) is 0 Å². The molecule has 2 aliphatic heterocycles. The molecule has 6 nitrogen and oxygen atoms in total. The number of rotatable bonds is 6. The van der Waals surface area contributed by atoms with Crippen LogP contribution in [0.4, 0.5) is 0 Å². The van der Waals surface area contributed by atoms with Gasteiger partial charge in [-0.1, -0.05) is 0 Å². The van der Waals surface area contributed by atoms with Gasteiger partial charge in [-0.2, -0.15) is 0 Å². The van der Waals surface area contributed by atoms with Crippen LogP contribution in [-0.2, 0) is 29.3 Å². The fraction of sp³-hybridized carbons (Fsp3) is 0.400. The highest BCUT2D eigenvalue weighted by Crippen LogP contribution is 2.40. The molecular weight excluding hydrogens is 366 g/mol. The van der Waals surface area contributed by atoms with Gasteiger partial charge in [0.1, 0.15) is 17.2 Å². The van der Waals surface area contributed by atoms with Gasteiger partial charge >= 0.3 is 0 Å². The number of nitrogens with zero attached hydrogens (tertiary/aromatic N) is 1. The van der Waals surface area contributed by atoms with Crippen molar-refractivity contribution in [2.45, 2.75) is 24.2 Å². The van der Waals surface area contributed by atoms with Gasteiger partial charge in [0.25, 0.3) is 0 Å². The Labute approximate surface area is 159 Å². The molecule has 7 heteroatoms. The summed E-state index contributed by atoms with van der Waals surface area (Å²) in [4.78, 5) is 0.258. The van der Waals surface area contributed by atoms with E-state index >= 15 is 0 Å². The number of methoxy groups -OCH3 is 1. The molecule has 4 rings (SSSR count). The summed E-state index contributed by atoms with van der Waals surface area (Å²) in [7, 11) is -0.391. The Balaban J connectivity index is 1.55. The summed E-state index contributed by atoms with van der Waals surface area (Å²) in [6.45, 7) is 1.72. The molecule has 2 heterocycles. The van der Waals surface area contributed by atoms with Crippen LogP contribution in [0.5, 0.6) is 17.2 Å². The summed E-state index contributed by atoms with van der Waals surface area (Å²) >= 11 is 0. The highest BCUT2D eigenvalue weighted by atomic mass is 32.2. The molecule has 0 fully saturated rings. The third-order valence-electron chi connectivity index (χ3n) is 5.20. The lowest BCUT2D eigenvalue weighted by Crippen LogP contribution is -2.29. The zero-order valence-corrected chi connectivity index (χ0v) is 16.3. The number of hydrogen-bond acceptors (Lipinski definition) is 5. The first-order valence-electron chi connectivity index (χ1n) is 9.04. The van der Waals surface area contributed by atoms with Crippen molar-refractivity contribution in [2.24, 2.45) is 0 Å². The van der Waals surface area contributed by atoms with E-state index in [1.165, 1.54) is 4.31 Å². The predicted molar refractivity (Wildman–Crippen MR) is 101 cm³/mol. The van der Waals surface area contributed by atoms with Gasteiger partial charge in [-0.15, -0.1) is 0 Å². The molecule has 0 N–H and O–H groups in total. The first-order chi connectivity index (χ1) is 13.0. The van der Waals surface area contributed by atoms with Gasteiger partial charge in [0.05, 0.1) is 25.2 Å². The molecule has 27 heavy (non-hydrogen) atoms. The molecule has 0 unspecified atom stereocenters. The van der Waals surface area contributed by atoms with Crippen LogP contribution in [0.15, 0.2) is 35.2 Å². The van der Waals surface area contributed by atoms with Gasteiger partial charge < -0.3 is 14.2 Å². The van der Waals surface area contributed by atoms with Gasteiger partial charge in [-0.05, 0) is 36.8 Å². The van der Waals surface area contributed by atoms with Gasteiger partial charge in [-0.25, -0.2) is 12.7 Å². The molecule has 0 aromatic heterocycles. The fourth-order valence-electron chi connectivity index (χ4n) is 3.67. The van der Waals surface area contributed by atoms with Crippen molar-refractivity contribution in [3.8, 4) is 17.2 Å². The summed E-state index contributed by atoms with van der Waals surface area (Å²) in [5.41, 5.74) is 3.41. The number of benzene rings is 2. The van der Waals surface area contributed by atoms with Crippen molar-refractivity contribution in [1.29, 1.82) is 0 Å². The average Bonchev–Trinajstić information content (AvgIpc) is 3.33. The maximum absolute atomic E-state index is 12.8. The van der Waals surface area contributed by atoms with Gasteiger partial charge in [0.2, 0.25) is 10.0 Å². The largest absolute Gasteiger partial charge is 0.497 e. The minimum Gasteiger partial charge on any atom is -0.497 e. The number of sulfonamides is 1. The van der Waals surface area contributed by atoms with Crippen molar-refractivity contribution in [2.75, 3.05) is 33.9 Å². The van der Waals surface area contributed by atoms with Gasteiger partial charge in [0.15, 0.2) is 0 Å². The normalized spacial score (nSPS) is 15.2. The van der Waals surface area contributed by atoms with E-state index in [0.29, 0.717) is 31.9 Å². The lowest BCUT2D eigenvalue weighted by molar-refractivity contribution is 0.351. The Kier molecular flexibility index (Phi) is 4.74. The Morgan fingerprint density at radius 1 is 1.11 bits per heavy atom. The SMILES string of the molecule is COc1ccc(S(=O)(=O)N(C)CCc2c3c(cc4c2OCC4)OCC3)cc1. The smallest absolute Gasteiger partial charge is 0.242 e. The van der Waals surface area contributed by atoms with E-state index in [1.54, 1.807) is 38.4 Å². The summed E-state index contributed by atoms with van der Waals surface area (Å²) in [6.07, 6.45) is 2.32. The molecule has 144 valence electrons. The molecule has 0 bridgehead atoms. The zero-order chi connectivity index (χ0) is 19.0. The highest BCUT2D eigenvalue weighted by molar-refractivity contribution is 7.89. The minimum atomic E-state index is -3.56. The van der Waals surface area contributed by atoms with E-state index in [0.717, 1.165) is 41.0 Å². The van der Waals surface area contributed by atoms with E-state index in [9.17, 15) is 8.42 Å². The van der Waals surface area contributed by atoms with Crippen LogP contribution in [0.2, 0.25) is 0 Å². The standard InChI is InChI=1S/C20H23NO5S/c1-21(27(22,23)16-5-3-15(24-2)4-6-16)10-7-18-17-9-12-25-19(17)13-14-8-11-26-20(14)18/h3-6,13H,7-12H2,1-2H3. The van der Waals surface area contributed by atoms with E-state index in [-0.39, 0.29) is 4.90 Å². The number of likely N-dealkylation sites (N-methyl/N-ethyl adjacent to an activating group) is 1. The van der Waals surface area contributed by atoms with Crippen molar-refractivity contribution in [3.63, 3.8) is 0 Å². The molecule has 2 aliphatic rings. The summed E-state index contributed by atoms with van der Waals surface area (Å²) in [5, 5.41) is 0. The molecule has 0 amide bonds. The first-order valence-corrected chi connectivity index (χ1v) is 10.5. The summed E-state index contributed by atoms with van der Waals surface area (Å²) in [5.74, 6) is 2.48. The molecule has 0 saturated heterocycles. The molecule has 0 radical (unpaired) electrons. The Bertz CT molecular complexity index is 921. The van der Waals surface area contributed by atoms with E-state index in [2.05, 4.69) is 6.07 Å². The van der Waals surface area contributed by atoms with Crippen LogP contribution < -0.4 is 14.2 Å². The molecule has 0 spiro atoms. The van der Waals surface area contributed by atoms with Crippen LogP contribution in [0.1, 0.15) is 16.7 Å². The summed E-state index contributed by atoms with van der Waals surface area (Å²) < 4.78 is 43.8. The third-order valence-corrected chi connectivity index (χ3v) is 7.08. The Morgan fingerprint density at radius 2 is 1.85 bits per heavy atom. The van der Waals surface area contributed by atoms with Crippen LogP contribution in [0.3, 0.4) is 0 Å². The zero-order valence-electron chi connectivity index (χ0n) is 15.5. The van der Waals surface area contributed by atoms with Crippen LogP contribution >= 0.6 is 0 Å². The molecule has 2 aromatic carbocycles.